The van der Waals surface area contributed by atoms with Crippen LogP contribution >= 0.6 is 15.6 Å². The van der Waals surface area contributed by atoms with Crippen LogP contribution in [0.15, 0.2) is 0 Å². The molecule has 0 aromatic rings. The fraction of sp³-hybridized carbons (Fsp3) is 0.945. The van der Waals surface area contributed by atoms with Crippen LogP contribution < -0.4 is 0 Å². The predicted molar refractivity (Wildman–Crippen MR) is 372 cm³/mol. The molecule has 0 aliphatic rings. The highest BCUT2D eigenvalue weighted by molar-refractivity contribution is 7.47. The van der Waals surface area contributed by atoms with Crippen LogP contribution in [0.4, 0.5) is 0 Å². The van der Waals surface area contributed by atoms with E-state index in [0.717, 1.165) is 108 Å². The molecule has 0 radical (unpaired) electrons. The van der Waals surface area contributed by atoms with Crippen molar-refractivity contribution in [2.75, 3.05) is 39.6 Å². The monoisotopic (exact) mass is 1350 g/mol. The number of carbonyl (C=O) groups excluding carboxylic acids is 4. The maximum atomic E-state index is 13.1. The zero-order chi connectivity index (χ0) is 67.9. The third-order valence-electron chi connectivity index (χ3n) is 17.0. The molecule has 92 heavy (non-hydrogen) atoms. The van der Waals surface area contributed by atoms with Gasteiger partial charge in [0, 0.05) is 25.7 Å². The van der Waals surface area contributed by atoms with Gasteiger partial charge in [-0.15, -0.1) is 0 Å². The molecular weight excluding hydrogens is 1210 g/mol. The van der Waals surface area contributed by atoms with Gasteiger partial charge in [0.15, 0.2) is 12.2 Å². The van der Waals surface area contributed by atoms with Crippen LogP contribution in [0, 0.1) is 11.8 Å². The molecule has 0 aliphatic heterocycles. The van der Waals surface area contributed by atoms with Gasteiger partial charge in [0.05, 0.1) is 26.4 Å². The van der Waals surface area contributed by atoms with E-state index in [1.54, 1.807) is 0 Å². The Balaban J connectivity index is 5.21. The van der Waals surface area contributed by atoms with Crippen LogP contribution in [-0.4, -0.2) is 96.7 Å². The SMILES string of the molecule is CCCCCCCCCCCCCC(=O)O[C@H](COC(=O)CCCCCCCCCC)COP(=O)(O)OC[C@H](O)COP(=O)(O)OC[C@@H](COC(=O)CCCCCCCCCCCCCCCC(C)C)OC(=O)CCCCCCCCCCCCCCCCC(C)C. The Morgan fingerprint density at radius 1 is 0.293 bits per heavy atom. The molecule has 0 aromatic heterocycles. The van der Waals surface area contributed by atoms with Crippen LogP contribution in [0.1, 0.15) is 375 Å². The molecule has 0 aromatic carbocycles. The molecule has 0 heterocycles. The molecule has 0 saturated carbocycles. The van der Waals surface area contributed by atoms with E-state index >= 15 is 0 Å². The fourth-order valence-electron chi connectivity index (χ4n) is 11.1. The Labute approximate surface area is 562 Å². The second-order valence-corrected chi connectivity index (χ2v) is 30.2. The molecule has 546 valence electrons. The van der Waals surface area contributed by atoms with Gasteiger partial charge in [0.2, 0.25) is 0 Å². The highest BCUT2D eigenvalue weighted by atomic mass is 31.2. The first-order valence-electron chi connectivity index (χ1n) is 38.0. The smallest absolute Gasteiger partial charge is 0.462 e. The van der Waals surface area contributed by atoms with E-state index in [1.807, 2.05) is 0 Å². The van der Waals surface area contributed by atoms with Gasteiger partial charge in [-0.1, -0.05) is 324 Å². The number of unbranched alkanes of at least 4 members (excludes halogenated alkanes) is 42. The van der Waals surface area contributed by atoms with Gasteiger partial charge in [-0.3, -0.25) is 37.3 Å². The minimum absolute atomic E-state index is 0.107. The maximum absolute atomic E-state index is 13.1. The largest absolute Gasteiger partial charge is 0.472 e. The Bertz CT molecular complexity index is 1790. The summed E-state index contributed by atoms with van der Waals surface area (Å²) in [5, 5.41) is 10.6. The van der Waals surface area contributed by atoms with Gasteiger partial charge in [-0.2, -0.15) is 0 Å². The minimum atomic E-state index is -4.95. The minimum Gasteiger partial charge on any atom is -0.462 e. The van der Waals surface area contributed by atoms with Gasteiger partial charge in [0.25, 0.3) is 0 Å². The Morgan fingerprint density at radius 2 is 0.500 bits per heavy atom. The van der Waals surface area contributed by atoms with Gasteiger partial charge in [-0.25, -0.2) is 9.13 Å². The maximum Gasteiger partial charge on any atom is 0.472 e. The summed E-state index contributed by atoms with van der Waals surface area (Å²) >= 11 is 0. The Hall–Kier alpha value is -1.94. The van der Waals surface area contributed by atoms with Gasteiger partial charge >= 0.3 is 39.5 Å². The normalized spacial score (nSPS) is 14.1. The second-order valence-electron chi connectivity index (χ2n) is 27.3. The van der Waals surface area contributed by atoms with Crippen molar-refractivity contribution in [1.82, 2.24) is 0 Å². The van der Waals surface area contributed by atoms with Crippen LogP contribution in [-0.2, 0) is 65.4 Å². The van der Waals surface area contributed by atoms with Gasteiger partial charge in [-0.05, 0) is 37.5 Å². The van der Waals surface area contributed by atoms with Gasteiger partial charge in [0.1, 0.15) is 19.3 Å². The lowest BCUT2D eigenvalue weighted by Crippen LogP contribution is -2.30. The molecule has 2 unspecified atom stereocenters. The zero-order valence-electron chi connectivity index (χ0n) is 59.9. The van der Waals surface area contributed by atoms with E-state index in [4.69, 9.17) is 37.0 Å². The molecule has 0 fully saturated rings. The first-order chi connectivity index (χ1) is 44.4. The van der Waals surface area contributed by atoms with Crippen molar-refractivity contribution < 1.29 is 80.2 Å². The summed E-state index contributed by atoms with van der Waals surface area (Å²) in [6.45, 7) is 9.59. The highest BCUT2D eigenvalue weighted by Crippen LogP contribution is 2.45. The van der Waals surface area contributed by atoms with Crippen LogP contribution in [0.5, 0.6) is 0 Å². The van der Waals surface area contributed by atoms with Crippen LogP contribution in [0.25, 0.3) is 0 Å². The first-order valence-corrected chi connectivity index (χ1v) is 41.0. The molecule has 0 saturated heterocycles. The fourth-order valence-corrected chi connectivity index (χ4v) is 12.7. The van der Waals surface area contributed by atoms with Crippen molar-refractivity contribution in [3.63, 3.8) is 0 Å². The van der Waals surface area contributed by atoms with E-state index in [9.17, 15) is 43.2 Å². The van der Waals surface area contributed by atoms with E-state index in [-0.39, 0.29) is 25.7 Å². The molecule has 0 bridgehead atoms. The topological polar surface area (TPSA) is 237 Å². The van der Waals surface area contributed by atoms with E-state index < -0.39 is 97.5 Å². The molecule has 5 atom stereocenters. The first kappa shape index (κ1) is 90.1. The number of ether oxygens (including phenoxy) is 4. The van der Waals surface area contributed by atoms with Gasteiger partial charge < -0.3 is 33.8 Å². The molecule has 19 heteroatoms. The average Bonchev–Trinajstić information content (AvgIpc) is 2.22. The number of rotatable bonds is 72. The third kappa shape index (κ3) is 66.7. The second kappa shape index (κ2) is 65.0. The molecule has 0 amide bonds. The van der Waals surface area contributed by atoms with Crippen molar-refractivity contribution in [2.45, 2.75) is 394 Å². The highest BCUT2D eigenvalue weighted by Gasteiger charge is 2.30. The van der Waals surface area contributed by atoms with Crippen molar-refractivity contribution in [3.05, 3.63) is 0 Å². The number of aliphatic hydroxyl groups is 1. The van der Waals surface area contributed by atoms with Crippen molar-refractivity contribution in [2.24, 2.45) is 11.8 Å². The summed E-state index contributed by atoms with van der Waals surface area (Å²) in [6, 6.07) is 0. The lowest BCUT2D eigenvalue weighted by Gasteiger charge is -2.21. The van der Waals surface area contributed by atoms with Crippen LogP contribution in [0.2, 0.25) is 0 Å². The summed E-state index contributed by atoms with van der Waals surface area (Å²) in [5.41, 5.74) is 0. The number of phosphoric ester groups is 2. The van der Waals surface area contributed by atoms with E-state index in [2.05, 4.69) is 41.5 Å². The Kier molecular flexibility index (Phi) is 63.7. The third-order valence-corrected chi connectivity index (χ3v) is 18.9. The predicted octanol–water partition coefficient (Wildman–Crippen LogP) is 21.2. The standard InChI is InChI=1S/C73H142O17P2/c1-7-9-11-13-15-17-25-33-39-45-51-57-72(77)89-68(61-83-70(75)55-49-43-37-16-14-12-10-8-2)63-87-91(79,80)85-59-67(74)60-86-92(81,82)88-64-69(62-84-71(76)56-50-44-38-32-28-24-20-22-27-31-36-42-48-54-66(5)6)90-73(78)58-52-46-40-34-29-23-19-18-21-26-30-35-41-47-53-65(3)4/h65-69,74H,7-64H2,1-6H3,(H,79,80)(H,81,82)/t67-,68+,69+/m0/s1. The zero-order valence-corrected chi connectivity index (χ0v) is 61.6. The molecule has 3 N–H and O–H groups in total. The average molecular weight is 1350 g/mol. The van der Waals surface area contributed by atoms with Crippen molar-refractivity contribution in [1.29, 1.82) is 0 Å². The number of phosphoric acid groups is 2. The number of carbonyl (C=O) groups is 4. The van der Waals surface area contributed by atoms with Crippen LogP contribution in [0.3, 0.4) is 0 Å². The summed E-state index contributed by atoms with van der Waals surface area (Å²) in [7, 11) is -9.90. The Morgan fingerprint density at radius 3 is 0.739 bits per heavy atom. The molecular formula is C73H142O17P2. The quantitative estimate of drug-likeness (QED) is 0.0222. The van der Waals surface area contributed by atoms with Crippen molar-refractivity contribution >= 4 is 39.5 Å². The molecule has 0 spiro atoms. The summed E-state index contributed by atoms with van der Waals surface area (Å²) in [5.74, 6) is -0.535. The van der Waals surface area contributed by atoms with E-state index in [0.29, 0.717) is 25.7 Å². The molecule has 0 rings (SSSR count). The summed E-state index contributed by atoms with van der Waals surface area (Å²) in [4.78, 5) is 72.6. The van der Waals surface area contributed by atoms with E-state index in [1.165, 1.54) is 186 Å². The number of hydrogen-bond donors (Lipinski definition) is 3. The number of hydrogen-bond acceptors (Lipinski definition) is 15. The van der Waals surface area contributed by atoms with Crippen molar-refractivity contribution in [3.8, 4) is 0 Å². The summed E-state index contributed by atoms with van der Waals surface area (Å²) < 4.78 is 68.3. The summed E-state index contributed by atoms with van der Waals surface area (Å²) in [6.07, 6.45) is 51.3. The molecule has 17 nitrogen and oxygen atoms in total. The lowest BCUT2D eigenvalue weighted by atomic mass is 10.0. The molecule has 0 aliphatic carbocycles. The number of esters is 4. The number of aliphatic hydroxyl groups excluding tert-OH is 1. The lowest BCUT2D eigenvalue weighted by molar-refractivity contribution is -0.161.